The normalized spacial score (nSPS) is 12.6. The van der Waals surface area contributed by atoms with Crippen LogP contribution in [0.25, 0.3) is 0 Å². The second-order valence-corrected chi connectivity index (χ2v) is 4.81. The summed E-state index contributed by atoms with van der Waals surface area (Å²) in [4.78, 5) is 25.7. The largest absolute Gasteiger partial charge is 0.476 e. The lowest BCUT2D eigenvalue weighted by Crippen LogP contribution is -2.44. The molecule has 0 aliphatic rings. The number of aromatic nitrogens is 1. The fourth-order valence-corrected chi connectivity index (χ4v) is 2.02. The Morgan fingerprint density at radius 3 is 2.65 bits per heavy atom. The summed E-state index contributed by atoms with van der Waals surface area (Å²) in [5.74, 6) is -1.39. The van der Waals surface area contributed by atoms with Crippen LogP contribution in [0.5, 0.6) is 0 Å². The van der Waals surface area contributed by atoms with E-state index in [1.807, 2.05) is 13.8 Å². The number of nitrogens with zero attached hydrogens (tertiary/aromatic N) is 1. The van der Waals surface area contributed by atoms with Gasteiger partial charge < -0.3 is 10.8 Å². The van der Waals surface area contributed by atoms with Crippen LogP contribution < -0.4 is 11.1 Å². The minimum absolute atomic E-state index is 0.0435. The lowest BCUT2D eigenvalue weighted by Gasteiger charge is -2.18. The Hall–Kier alpha value is -1.47. The van der Waals surface area contributed by atoms with E-state index in [4.69, 9.17) is 10.8 Å². The SMILES string of the molecule is CC(C)C(NCc1csc(C(=O)O)n1)C(N)=O. The van der Waals surface area contributed by atoms with Crippen molar-refractivity contribution in [3.05, 3.63) is 16.1 Å². The summed E-state index contributed by atoms with van der Waals surface area (Å²) in [6.45, 7) is 4.09. The maximum absolute atomic E-state index is 11.1. The van der Waals surface area contributed by atoms with Gasteiger partial charge in [0.25, 0.3) is 0 Å². The summed E-state index contributed by atoms with van der Waals surface area (Å²) in [6, 6.07) is -0.440. The van der Waals surface area contributed by atoms with Crippen LogP contribution in [0.3, 0.4) is 0 Å². The van der Waals surface area contributed by atoms with E-state index < -0.39 is 17.9 Å². The molecule has 1 unspecified atom stereocenters. The molecule has 1 atom stereocenters. The Morgan fingerprint density at radius 1 is 1.59 bits per heavy atom. The zero-order valence-electron chi connectivity index (χ0n) is 9.64. The summed E-state index contributed by atoms with van der Waals surface area (Å²) in [5, 5.41) is 13.4. The third-order valence-corrected chi connectivity index (χ3v) is 3.09. The number of amides is 1. The zero-order chi connectivity index (χ0) is 13.0. The number of aromatic carboxylic acids is 1. The number of thiazole rings is 1. The molecule has 6 nitrogen and oxygen atoms in total. The number of carboxylic acids is 1. The molecule has 4 N–H and O–H groups in total. The highest BCUT2D eigenvalue weighted by molar-refractivity contribution is 7.11. The second kappa shape index (κ2) is 5.74. The molecule has 0 saturated carbocycles. The van der Waals surface area contributed by atoms with Crippen LogP contribution in [-0.4, -0.2) is 28.0 Å². The van der Waals surface area contributed by atoms with Crippen LogP contribution in [0.15, 0.2) is 5.38 Å². The smallest absolute Gasteiger partial charge is 0.365 e. The van der Waals surface area contributed by atoms with Gasteiger partial charge in [-0.3, -0.25) is 10.1 Å². The molecule has 7 heteroatoms. The van der Waals surface area contributed by atoms with Gasteiger partial charge in [0.15, 0.2) is 0 Å². The first-order valence-electron chi connectivity index (χ1n) is 5.12. The first kappa shape index (κ1) is 13.6. The average Bonchev–Trinajstić information content (AvgIpc) is 2.65. The summed E-state index contributed by atoms with van der Waals surface area (Å²) < 4.78 is 0. The van der Waals surface area contributed by atoms with Crippen molar-refractivity contribution >= 4 is 23.2 Å². The molecule has 0 spiro atoms. The highest BCUT2D eigenvalue weighted by atomic mass is 32.1. The maximum Gasteiger partial charge on any atom is 0.365 e. The van der Waals surface area contributed by atoms with Gasteiger partial charge in [0.1, 0.15) is 0 Å². The third kappa shape index (κ3) is 3.79. The molecule has 0 aliphatic heterocycles. The van der Waals surface area contributed by atoms with Gasteiger partial charge in [-0.25, -0.2) is 9.78 Å². The Bertz CT molecular complexity index is 417. The molecular weight excluding hydrogens is 242 g/mol. The van der Waals surface area contributed by atoms with E-state index in [1.54, 1.807) is 5.38 Å². The molecule has 0 aromatic carbocycles. The fourth-order valence-electron chi connectivity index (χ4n) is 1.37. The molecule has 1 aromatic rings. The molecule has 94 valence electrons. The fraction of sp³-hybridized carbons (Fsp3) is 0.500. The van der Waals surface area contributed by atoms with Crippen molar-refractivity contribution in [1.29, 1.82) is 0 Å². The van der Waals surface area contributed by atoms with Gasteiger partial charge in [0.2, 0.25) is 10.9 Å². The van der Waals surface area contributed by atoms with Gasteiger partial charge in [-0.15, -0.1) is 11.3 Å². The van der Waals surface area contributed by atoms with Crippen LogP contribution in [0.2, 0.25) is 0 Å². The van der Waals surface area contributed by atoms with Crippen LogP contribution in [0.1, 0.15) is 29.3 Å². The summed E-state index contributed by atoms with van der Waals surface area (Å²) in [7, 11) is 0. The van der Waals surface area contributed by atoms with Crippen LogP contribution in [-0.2, 0) is 11.3 Å². The molecule has 17 heavy (non-hydrogen) atoms. The molecule has 1 amide bonds. The van der Waals surface area contributed by atoms with Gasteiger partial charge in [-0.05, 0) is 5.92 Å². The predicted octanol–water partition coefficient (Wildman–Crippen LogP) is 0.441. The molecule has 0 fully saturated rings. The number of carbonyl (C=O) groups is 2. The summed E-state index contributed by atoms with van der Waals surface area (Å²) >= 11 is 1.06. The predicted molar refractivity (Wildman–Crippen MR) is 63.7 cm³/mol. The molecule has 0 saturated heterocycles. The van der Waals surface area contributed by atoms with Gasteiger partial charge in [0, 0.05) is 11.9 Å². The van der Waals surface area contributed by atoms with Crippen molar-refractivity contribution in [2.24, 2.45) is 11.7 Å². The molecule has 1 rings (SSSR count). The quantitative estimate of drug-likeness (QED) is 0.685. The minimum Gasteiger partial charge on any atom is -0.476 e. The maximum atomic E-state index is 11.1. The monoisotopic (exact) mass is 257 g/mol. The van der Waals surface area contributed by atoms with E-state index >= 15 is 0 Å². The summed E-state index contributed by atoms with van der Waals surface area (Å²) in [6.07, 6.45) is 0. The molecule has 1 heterocycles. The second-order valence-electron chi connectivity index (χ2n) is 3.95. The molecular formula is C10H15N3O3S. The molecule has 1 aromatic heterocycles. The number of primary amides is 1. The number of carboxylic acid groups (broad SMARTS) is 1. The van der Waals surface area contributed by atoms with E-state index in [-0.39, 0.29) is 10.9 Å². The van der Waals surface area contributed by atoms with Gasteiger partial charge in [-0.1, -0.05) is 13.8 Å². The molecule has 0 bridgehead atoms. The van der Waals surface area contributed by atoms with Gasteiger partial charge in [0.05, 0.1) is 11.7 Å². The first-order valence-corrected chi connectivity index (χ1v) is 6.00. The Kier molecular flexibility index (Phi) is 4.59. The minimum atomic E-state index is -1.04. The van der Waals surface area contributed by atoms with Crippen molar-refractivity contribution in [1.82, 2.24) is 10.3 Å². The Labute approximate surface area is 103 Å². The van der Waals surface area contributed by atoms with Crippen molar-refractivity contribution in [3.63, 3.8) is 0 Å². The van der Waals surface area contributed by atoms with Crippen LogP contribution in [0, 0.1) is 5.92 Å². The molecule has 0 aliphatic carbocycles. The van der Waals surface area contributed by atoms with Crippen molar-refractivity contribution < 1.29 is 14.7 Å². The van der Waals surface area contributed by atoms with Gasteiger partial charge in [-0.2, -0.15) is 0 Å². The first-order chi connectivity index (χ1) is 7.91. The van der Waals surface area contributed by atoms with E-state index in [2.05, 4.69) is 10.3 Å². The average molecular weight is 257 g/mol. The Balaban J connectivity index is 2.59. The van der Waals surface area contributed by atoms with Crippen LogP contribution in [0.4, 0.5) is 0 Å². The third-order valence-electron chi connectivity index (χ3n) is 2.21. The number of hydrogen-bond acceptors (Lipinski definition) is 5. The van der Waals surface area contributed by atoms with Crippen molar-refractivity contribution in [2.75, 3.05) is 0 Å². The number of carbonyl (C=O) groups excluding carboxylic acids is 1. The number of nitrogens with one attached hydrogen (secondary N) is 1. The Morgan fingerprint density at radius 2 is 2.24 bits per heavy atom. The van der Waals surface area contributed by atoms with Crippen molar-refractivity contribution in [3.8, 4) is 0 Å². The zero-order valence-corrected chi connectivity index (χ0v) is 10.5. The summed E-state index contributed by atoms with van der Waals surface area (Å²) in [5.41, 5.74) is 5.84. The van der Waals surface area contributed by atoms with Crippen LogP contribution >= 0.6 is 11.3 Å². The molecule has 0 radical (unpaired) electrons. The van der Waals surface area contributed by atoms with Crippen molar-refractivity contribution in [2.45, 2.75) is 26.4 Å². The highest BCUT2D eigenvalue weighted by Gasteiger charge is 2.19. The van der Waals surface area contributed by atoms with E-state index in [0.717, 1.165) is 11.3 Å². The standard InChI is InChI=1S/C10H15N3O3S/c1-5(2)7(8(11)14)12-3-6-4-17-9(13-6)10(15)16/h4-5,7,12H,3H2,1-2H3,(H2,11,14)(H,15,16). The highest BCUT2D eigenvalue weighted by Crippen LogP contribution is 2.10. The van der Waals surface area contributed by atoms with Gasteiger partial charge >= 0.3 is 5.97 Å². The number of nitrogens with two attached hydrogens (primary N) is 1. The topological polar surface area (TPSA) is 105 Å². The van der Waals surface area contributed by atoms with E-state index in [9.17, 15) is 9.59 Å². The number of rotatable bonds is 6. The number of hydrogen-bond donors (Lipinski definition) is 3. The lowest BCUT2D eigenvalue weighted by molar-refractivity contribution is -0.121. The van der Waals surface area contributed by atoms with E-state index in [1.165, 1.54) is 0 Å². The van der Waals surface area contributed by atoms with E-state index in [0.29, 0.717) is 12.2 Å². The lowest BCUT2D eigenvalue weighted by atomic mass is 10.0.